The summed E-state index contributed by atoms with van der Waals surface area (Å²) in [5, 5.41) is 9.36. The number of carbonyl (C=O) groups is 1. The van der Waals surface area contributed by atoms with Gasteiger partial charge < -0.3 is 10.1 Å². The smallest absolute Gasteiger partial charge is 0.407 e. The maximum Gasteiger partial charge on any atom is 0.407 e. The van der Waals surface area contributed by atoms with Gasteiger partial charge in [0, 0.05) is 16.6 Å². The summed E-state index contributed by atoms with van der Waals surface area (Å²) in [4.78, 5) is 20.6. The van der Waals surface area contributed by atoms with Gasteiger partial charge in [0.05, 0.1) is 6.04 Å². The second-order valence-electron chi connectivity index (χ2n) is 5.84. The van der Waals surface area contributed by atoms with Crippen LogP contribution in [0.25, 0.3) is 0 Å². The fraction of sp³-hybridized carbons (Fsp3) is 0.294. The zero-order valence-electron chi connectivity index (χ0n) is 12.9. The van der Waals surface area contributed by atoms with Gasteiger partial charge in [0.2, 0.25) is 0 Å². The van der Waals surface area contributed by atoms with Gasteiger partial charge in [-0.05, 0) is 65.1 Å². The number of imidazole rings is 1. The number of rotatable bonds is 1. The molecule has 1 saturated heterocycles. The molecule has 1 aromatic heterocycles. The highest BCUT2D eigenvalue weighted by Gasteiger charge is 2.36. The Bertz CT molecular complexity index is 823. The number of hydrogen-bond acceptors (Lipinski definition) is 2. The van der Waals surface area contributed by atoms with Crippen molar-refractivity contribution in [3.05, 3.63) is 49.5 Å². The van der Waals surface area contributed by atoms with Crippen molar-refractivity contribution in [2.45, 2.75) is 19.4 Å². The average Bonchev–Trinajstić information content (AvgIpc) is 3.10. The maximum atomic E-state index is 11.4. The molecule has 3 rings (SSSR count). The summed E-state index contributed by atoms with van der Waals surface area (Å²) in [6.45, 7) is 2.59. The van der Waals surface area contributed by atoms with Gasteiger partial charge in [0.1, 0.15) is 15.2 Å². The molecule has 1 aromatic carbocycles. The van der Waals surface area contributed by atoms with Crippen LogP contribution in [-0.4, -0.2) is 32.6 Å². The Morgan fingerprint density at radius 1 is 1.42 bits per heavy atom. The number of aromatic amines is 1. The molecule has 5 nitrogen and oxygen atoms in total. The Balaban J connectivity index is 1.85. The van der Waals surface area contributed by atoms with Crippen LogP contribution >= 0.6 is 38.5 Å². The summed E-state index contributed by atoms with van der Waals surface area (Å²) in [7, 11) is 0. The molecule has 2 heterocycles. The van der Waals surface area contributed by atoms with Gasteiger partial charge in [-0.25, -0.2) is 9.78 Å². The van der Waals surface area contributed by atoms with Crippen molar-refractivity contribution in [2.75, 3.05) is 6.54 Å². The number of carboxylic acid groups (broad SMARTS) is 1. The average molecular weight is 500 g/mol. The number of nitrogens with one attached hydrogen (secondary N) is 1. The minimum absolute atomic E-state index is 0.228. The minimum atomic E-state index is -0.904. The van der Waals surface area contributed by atoms with Gasteiger partial charge in [-0.15, -0.1) is 0 Å². The molecule has 2 atom stereocenters. The van der Waals surface area contributed by atoms with Crippen LogP contribution < -0.4 is 0 Å². The third kappa shape index (κ3) is 3.75. The zero-order valence-corrected chi connectivity index (χ0v) is 16.6. The molecule has 2 aromatic rings. The number of hydrogen-bond donors (Lipinski definition) is 2. The molecule has 0 spiro atoms. The van der Waals surface area contributed by atoms with E-state index in [1.807, 2.05) is 24.3 Å². The van der Waals surface area contributed by atoms with E-state index >= 15 is 0 Å². The van der Waals surface area contributed by atoms with Crippen LogP contribution in [0.5, 0.6) is 0 Å². The van der Waals surface area contributed by atoms with Crippen molar-refractivity contribution in [3.63, 3.8) is 0 Å². The molecular formula is C17H15BrIN3O2. The standard InChI is InChI=1S/C17H15BrIN3O2/c1-10-8-14(22(9-10)17(23)24)16-20-13(15(19)21-16)7-4-11-2-5-12(18)6-3-11/h2-3,5-6,10,14H,8-9H2,1H3,(H,20,21)(H,23,24)/t10-,14-/m0/s1. The third-order valence-corrected chi connectivity index (χ3v) is 5.23. The number of H-pyrrole nitrogens is 1. The quantitative estimate of drug-likeness (QED) is 0.455. The highest BCUT2D eigenvalue weighted by molar-refractivity contribution is 14.1. The molecule has 124 valence electrons. The van der Waals surface area contributed by atoms with Gasteiger partial charge in [-0.3, -0.25) is 4.90 Å². The van der Waals surface area contributed by atoms with Gasteiger partial charge in [0.15, 0.2) is 0 Å². The minimum Gasteiger partial charge on any atom is -0.465 e. The van der Waals surface area contributed by atoms with Crippen LogP contribution in [-0.2, 0) is 0 Å². The van der Waals surface area contributed by atoms with Crippen molar-refractivity contribution < 1.29 is 9.90 Å². The first-order valence-electron chi connectivity index (χ1n) is 7.46. The van der Waals surface area contributed by atoms with E-state index in [2.05, 4.69) is 67.3 Å². The number of amides is 1. The molecule has 2 N–H and O–H groups in total. The van der Waals surface area contributed by atoms with Crippen LogP contribution in [0.4, 0.5) is 4.79 Å². The predicted octanol–water partition coefficient (Wildman–Crippen LogP) is 4.24. The lowest BCUT2D eigenvalue weighted by atomic mass is 10.1. The van der Waals surface area contributed by atoms with Crippen LogP contribution in [0.2, 0.25) is 0 Å². The third-order valence-electron chi connectivity index (χ3n) is 3.93. The van der Waals surface area contributed by atoms with E-state index in [0.29, 0.717) is 18.3 Å². The van der Waals surface area contributed by atoms with Gasteiger partial charge in [-0.1, -0.05) is 28.8 Å². The fourth-order valence-electron chi connectivity index (χ4n) is 2.79. The Kier molecular flexibility index (Phi) is 5.15. The summed E-state index contributed by atoms with van der Waals surface area (Å²) in [5.74, 6) is 7.19. The lowest BCUT2D eigenvalue weighted by molar-refractivity contribution is 0.138. The molecule has 0 saturated carbocycles. The second-order valence-corrected chi connectivity index (χ2v) is 7.77. The lowest BCUT2D eigenvalue weighted by Gasteiger charge is -2.19. The van der Waals surface area contributed by atoms with Crippen LogP contribution in [0, 0.1) is 21.5 Å². The molecule has 24 heavy (non-hydrogen) atoms. The first kappa shape index (κ1) is 17.3. The Hall–Kier alpha value is -1.53. The van der Waals surface area contributed by atoms with Gasteiger partial charge >= 0.3 is 6.09 Å². The summed E-state index contributed by atoms with van der Waals surface area (Å²) >= 11 is 5.53. The molecule has 0 radical (unpaired) electrons. The molecule has 0 aliphatic carbocycles. The molecule has 1 aliphatic rings. The normalized spacial score (nSPS) is 19.9. The Morgan fingerprint density at radius 2 is 2.12 bits per heavy atom. The summed E-state index contributed by atoms with van der Waals surface area (Å²) in [6.07, 6.45) is -0.131. The Morgan fingerprint density at radius 3 is 2.79 bits per heavy atom. The van der Waals surface area contributed by atoms with E-state index in [-0.39, 0.29) is 6.04 Å². The predicted molar refractivity (Wildman–Crippen MR) is 103 cm³/mol. The van der Waals surface area contributed by atoms with E-state index in [9.17, 15) is 9.90 Å². The summed E-state index contributed by atoms with van der Waals surface area (Å²) in [6, 6.07) is 7.53. The Labute approximate surface area is 162 Å². The molecule has 1 fully saturated rings. The first-order chi connectivity index (χ1) is 11.4. The van der Waals surface area contributed by atoms with Crippen LogP contribution in [0.15, 0.2) is 28.7 Å². The summed E-state index contributed by atoms with van der Waals surface area (Å²) < 4.78 is 1.77. The fourth-order valence-corrected chi connectivity index (χ4v) is 3.59. The van der Waals surface area contributed by atoms with E-state index in [1.54, 1.807) is 0 Å². The highest BCUT2D eigenvalue weighted by Crippen LogP contribution is 2.34. The second kappa shape index (κ2) is 7.15. The zero-order chi connectivity index (χ0) is 17.3. The van der Waals surface area contributed by atoms with Crippen molar-refractivity contribution >= 4 is 44.6 Å². The molecule has 0 unspecified atom stereocenters. The first-order valence-corrected chi connectivity index (χ1v) is 9.33. The van der Waals surface area contributed by atoms with Crippen LogP contribution in [0.3, 0.4) is 0 Å². The molecule has 7 heteroatoms. The molecular weight excluding hydrogens is 485 g/mol. The topological polar surface area (TPSA) is 69.2 Å². The number of likely N-dealkylation sites (tertiary alicyclic amines) is 1. The number of benzene rings is 1. The number of halogens is 2. The maximum absolute atomic E-state index is 11.4. The molecule has 1 aliphatic heterocycles. The monoisotopic (exact) mass is 499 g/mol. The SMILES string of the molecule is C[C@H]1C[C@@H](c2nc(I)c(C#Cc3ccc(Br)cc3)[nH]2)N(C(=O)O)C1. The van der Waals surface area contributed by atoms with E-state index in [4.69, 9.17) is 0 Å². The lowest BCUT2D eigenvalue weighted by Crippen LogP contribution is -2.29. The van der Waals surface area contributed by atoms with E-state index in [0.717, 1.165) is 25.9 Å². The van der Waals surface area contributed by atoms with Crippen molar-refractivity contribution in [2.24, 2.45) is 5.92 Å². The van der Waals surface area contributed by atoms with Crippen molar-refractivity contribution in [3.8, 4) is 11.8 Å². The van der Waals surface area contributed by atoms with Crippen molar-refractivity contribution in [1.82, 2.24) is 14.9 Å². The van der Waals surface area contributed by atoms with Gasteiger partial charge in [0.25, 0.3) is 0 Å². The number of aromatic nitrogens is 2. The molecule has 0 bridgehead atoms. The number of nitrogens with zero attached hydrogens (tertiary/aromatic N) is 2. The largest absolute Gasteiger partial charge is 0.465 e. The van der Waals surface area contributed by atoms with Crippen LogP contribution in [0.1, 0.15) is 36.5 Å². The van der Waals surface area contributed by atoms with Crippen molar-refractivity contribution in [1.29, 1.82) is 0 Å². The molecule has 1 amide bonds. The van der Waals surface area contributed by atoms with Gasteiger partial charge in [-0.2, -0.15) is 0 Å². The highest BCUT2D eigenvalue weighted by atomic mass is 127. The van der Waals surface area contributed by atoms with E-state index in [1.165, 1.54) is 4.90 Å². The summed E-state index contributed by atoms with van der Waals surface area (Å²) in [5.41, 5.74) is 1.63. The van der Waals surface area contributed by atoms with E-state index < -0.39 is 6.09 Å².